The molecule has 2 fully saturated rings. The summed E-state index contributed by atoms with van der Waals surface area (Å²) in [6, 6.07) is 6.68. The van der Waals surface area contributed by atoms with Crippen LogP contribution in [0.3, 0.4) is 0 Å². The zero-order chi connectivity index (χ0) is 17.2. The van der Waals surface area contributed by atoms with Crippen LogP contribution in [0.25, 0.3) is 11.1 Å². The monoisotopic (exact) mass is 340 g/mol. The van der Waals surface area contributed by atoms with E-state index in [0.29, 0.717) is 18.5 Å². The molecule has 1 aromatic carbocycles. The van der Waals surface area contributed by atoms with E-state index in [0.717, 1.165) is 43.4 Å². The van der Waals surface area contributed by atoms with Gasteiger partial charge in [-0.25, -0.2) is 14.4 Å². The van der Waals surface area contributed by atoms with Crippen LogP contribution in [0.2, 0.25) is 0 Å². The highest BCUT2D eigenvalue weighted by molar-refractivity contribution is 5.80. The number of anilines is 1. The standard InChI is InChI=1S/C19H21FN4O/c20-16-5-3-13(4-6-16)15-10-21-19(22-11-15)24-9-1-2-14(12-24)18(25)23-17-7-8-17/h3-6,10-11,14,17H,1-2,7-9,12H2,(H,23,25)/t14-/m0/s1. The Morgan fingerprint density at radius 3 is 2.48 bits per heavy atom. The molecule has 0 unspecified atom stereocenters. The van der Waals surface area contributed by atoms with Crippen molar-refractivity contribution in [3.05, 3.63) is 42.5 Å². The van der Waals surface area contributed by atoms with Crippen LogP contribution in [-0.2, 0) is 4.79 Å². The quantitative estimate of drug-likeness (QED) is 0.930. The number of nitrogens with one attached hydrogen (secondary N) is 1. The highest BCUT2D eigenvalue weighted by Gasteiger charge is 2.31. The maximum atomic E-state index is 13.0. The number of halogens is 1. The second-order valence-electron chi connectivity index (χ2n) is 6.85. The van der Waals surface area contributed by atoms with Crippen LogP contribution in [0.5, 0.6) is 0 Å². The Balaban J connectivity index is 1.43. The normalized spacial score (nSPS) is 20.4. The maximum Gasteiger partial charge on any atom is 0.225 e. The fraction of sp³-hybridized carbons (Fsp3) is 0.421. The zero-order valence-electron chi connectivity index (χ0n) is 14.0. The lowest BCUT2D eigenvalue weighted by Crippen LogP contribution is -2.44. The first-order valence-corrected chi connectivity index (χ1v) is 8.82. The van der Waals surface area contributed by atoms with Crippen molar-refractivity contribution >= 4 is 11.9 Å². The Morgan fingerprint density at radius 1 is 1.08 bits per heavy atom. The second-order valence-corrected chi connectivity index (χ2v) is 6.85. The number of amides is 1. The van der Waals surface area contributed by atoms with E-state index in [2.05, 4.69) is 20.2 Å². The first kappa shape index (κ1) is 16.0. The fourth-order valence-electron chi connectivity index (χ4n) is 3.20. The number of aromatic nitrogens is 2. The van der Waals surface area contributed by atoms with Crippen LogP contribution in [0.4, 0.5) is 10.3 Å². The van der Waals surface area contributed by atoms with E-state index in [1.165, 1.54) is 12.1 Å². The molecule has 0 spiro atoms. The summed E-state index contributed by atoms with van der Waals surface area (Å²) in [5.74, 6) is 0.560. The highest BCUT2D eigenvalue weighted by Crippen LogP contribution is 2.25. The van der Waals surface area contributed by atoms with Crippen LogP contribution in [0.15, 0.2) is 36.7 Å². The van der Waals surface area contributed by atoms with E-state index in [4.69, 9.17) is 0 Å². The first-order valence-electron chi connectivity index (χ1n) is 8.82. The molecule has 5 nitrogen and oxygen atoms in total. The average Bonchev–Trinajstić information content (AvgIpc) is 3.47. The molecule has 6 heteroatoms. The Morgan fingerprint density at radius 2 is 1.80 bits per heavy atom. The topological polar surface area (TPSA) is 58.1 Å². The second kappa shape index (κ2) is 6.78. The molecule has 2 aliphatic rings. The van der Waals surface area contributed by atoms with Crippen LogP contribution < -0.4 is 10.2 Å². The number of carbonyl (C=O) groups is 1. The number of hydrogen-bond acceptors (Lipinski definition) is 4. The van der Waals surface area contributed by atoms with E-state index < -0.39 is 0 Å². The van der Waals surface area contributed by atoms with Crippen molar-refractivity contribution in [2.24, 2.45) is 5.92 Å². The van der Waals surface area contributed by atoms with E-state index in [1.54, 1.807) is 24.5 Å². The Labute approximate surface area is 146 Å². The van der Waals surface area contributed by atoms with Gasteiger partial charge in [0.15, 0.2) is 0 Å². The molecule has 1 saturated carbocycles. The van der Waals surface area contributed by atoms with Crippen LogP contribution >= 0.6 is 0 Å². The van der Waals surface area contributed by atoms with Crippen LogP contribution in [0, 0.1) is 11.7 Å². The van der Waals surface area contributed by atoms with Gasteiger partial charge in [-0.1, -0.05) is 12.1 Å². The number of nitrogens with zero attached hydrogens (tertiary/aromatic N) is 3. The Bertz CT molecular complexity index is 743. The molecular formula is C19H21FN4O. The van der Waals surface area contributed by atoms with Crippen LogP contribution in [-0.4, -0.2) is 35.0 Å². The van der Waals surface area contributed by atoms with Gasteiger partial charge in [0, 0.05) is 37.1 Å². The van der Waals surface area contributed by atoms with Gasteiger partial charge in [0.25, 0.3) is 0 Å². The van der Waals surface area contributed by atoms with Crippen molar-refractivity contribution < 1.29 is 9.18 Å². The Hall–Kier alpha value is -2.50. The van der Waals surface area contributed by atoms with Gasteiger partial charge in [0.2, 0.25) is 11.9 Å². The number of hydrogen-bond donors (Lipinski definition) is 1. The van der Waals surface area contributed by atoms with Gasteiger partial charge in [-0.15, -0.1) is 0 Å². The van der Waals surface area contributed by atoms with Gasteiger partial charge >= 0.3 is 0 Å². The maximum absolute atomic E-state index is 13.0. The summed E-state index contributed by atoms with van der Waals surface area (Å²) in [5, 5.41) is 3.09. The zero-order valence-corrected chi connectivity index (χ0v) is 14.0. The third kappa shape index (κ3) is 3.78. The average molecular weight is 340 g/mol. The predicted molar refractivity (Wildman–Crippen MR) is 93.5 cm³/mol. The summed E-state index contributed by atoms with van der Waals surface area (Å²) in [5.41, 5.74) is 1.73. The molecular weight excluding hydrogens is 319 g/mol. The molecule has 2 heterocycles. The minimum Gasteiger partial charge on any atom is -0.353 e. The Kier molecular flexibility index (Phi) is 4.34. The van der Waals surface area contributed by atoms with Crippen molar-refractivity contribution in [3.8, 4) is 11.1 Å². The molecule has 2 aromatic rings. The lowest BCUT2D eigenvalue weighted by molar-refractivity contribution is -0.125. The minimum atomic E-state index is -0.259. The molecule has 1 aliphatic carbocycles. The molecule has 1 amide bonds. The molecule has 25 heavy (non-hydrogen) atoms. The summed E-state index contributed by atoms with van der Waals surface area (Å²) in [6.45, 7) is 1.53. The van der Waals surface area contributed by atoms with E-state index in [-0.39, 0.29) is 17.6 Å². The summed E-state index contributed by atoms with van der Waals surface area (Å²) in [4.78, 5) is 23.3. The van der Waals surface area contributed by atoms with Gasteiger partial charge in [0.1, 0.15) is 5.82 Å². The molecule has 1 aromatic heterocycles. The van der Waals surface area contributed by atoms with Gasteiger partial charge in [-0.2, -0.15) is 0 Å². The number of benzene rings is 1. The summed E-state index contributed by atoms with van der Waals surface area (Å²) >= 11 is 0. The number of rotatable bonds is 4. The minimum absolute atomic E-state index is 0.00900. The van der Waals surface area contributed by atoms with Gasteiger partial charge in [0.05, 0.1) is 5.92 Å². The van der Waals surface area contributed by atoms with Crippen molar-refractivity contribution in [1.82, 2.24) is 15.3 Å². The van der Waals surface area contributed by atoms with Crippen molar-refractivity contribution in [3.63, 3.8) is 0 Å². The van der Waals surface area contributed by atoms with Crippen molar-refractivity contribution in [1.29, 1.82) is 0 Å². The largest absolute Gasteiger partial charge is 0.353 e. The number of carbonyl (C=O) groups excluding carboxylic acids is 1. The lowest BCUT2D eigenvalue weighted by Gasteiger charge is -2.32. The van der Waals surface area contributed by atoms with Gasteiger partial charge < -0.3 is 10.2 Å². The number of piperidine rings is 1. The van der Waals surface area contributed by atoms with Crippen molar-refractivity contribution in [2.45, 2.75) is 31.7 Å². The van der Waals surface area contributed by atoms with Crippen molar-refractivity contribution in [2.75, 3.05) is 18.0 Å². The van der Waals surface area contributed by atoms with E-state index in [1.807, 2.05) is 0 Å². The van der Waals surface area contributed by atoms with Gasteiger partial charge in [-0.3, -0.25) is 4.79 Å². The SMILES string of the molecule is O=C(NC1CC1)[C@H]1CCCN(c2ncc(-c3ccc(F)cc3)cn2)C1. The molecule has 1 atom stereocenters. The summed E-state index contributed by atoms with van der Waals surface area (Å²) in [6.07, 6.45) is 7.60. The summed E-state index contributed by atoms with van der Waals surface area (Å²) in [7, 11) is 0. The molecule has 1 aliphatic heterocycles. The smallest absolute Gasteiger partial charge is 0.225 e. The summed E-state index contributed by atoms with van der Waals surface area (Å²) < 4.78 is 13.0. The van der Waals surface area contributed by atoms with E-state index in [9.17, 15) is 9.18 Å². The molecule has 1 N–H and O–H groups in total. The van der Waals surface area contributed by atoms with Gasteiger partial charge in [-0.05, 0) is 43.4 Å². The van der Waals surface area contributed by atoms with Crippen LogP contribution in [0.1, 0.15) is 25.7 Å². The third-order valence-corrected chi connectivity index (χ3v) is 4.81. The lowest BCUT2D eigenvalue weighted by atomic mass is 9.97. The molecule has 1 saturated heterocycles. The molecule has 0 radical (unpaired) electrons. The third-order valence-electron chi connectivity index (χ3n) is 4.81. The molecule has 130 valence electrons. The fourth-order valence-corrected chi connectivity index (χ4v) is 3.20. The molecule has 4 rings (SSSR count). The highest BCUT2D eigenvalue weighted by atomic mass is 19.1. The first-order chi connectivity index (χ1) is 12.2. The predicted octanol–water partition coefficient (Wildman–Crippen LogP) is 2.78. The molecule has 0 bridgehead atoms. The van der Waals surface area contributed by atoms with E-state index >= 15 is 0 Å².